The van der Waals surface area contributed by atoms with Crippen molar-refractivity contribution in [2.75, 3.05) is 25.2 Å². The highest BCUT2D eigenvalue weighted by Gasteiger charge is 2.27. The molecule has 0 saturated carbocycles. The van der Waals surface area contributed by atoms with Crippen molar-refractivity contribution in [2.24, 2.45) is 14.1 Å². The van der Waals surface area contributed by atoms with Gasteiger partial charge >= 0.3 is 5.69 Å². The normalized spacial score (nSPS) is 15.9. The molecule has 3 aromatic heterocycles. The second-order valence-electron chi connectivity index (χ2n) is 8.22. The van der Waals surface area contributed by atoms with Gasteiger partial charge in [-0.05, 0) is 25.0 Å². The first-order valence-electron chi connectivity index (χ1n) is 10.8. The van der Waals surface area contributed by atoms with E-state index in [1.54, 1.807) is 19.1 Å². The van der Waals surface area contributed by atoms with Gasteiger partial charge in [0.25, 0.3) is 5.56 Å². The Morgan fingerprint density at radius 2 is 2.12 bits per heavy atom. The van der Waals surface area contributed by atoms with Crippen molar-refractivity contribution in [1.29, 1.82) is 0 Å². The van der Waals surface area contributed by atoms with E-state index in [-0.39, 0.29) is 29.7 Å². The second-order valence-corrected chi connectivity index (χ2v) is 9.23. The predicted octanol–water partition coefficient (Wildman–Crippen LogP) is 1.26. The molecule has 1 fully saturated rings. The lowest BCUT2D eigenvalue weighted by molar-refractivity contribution is -0.119. The lowest BCUT2D eigenvalue weighted by Crippen LogP contribution is -2.40. The highest BCUT2D eigenvalue weighted by atomic mass is 32.1. The molecule has 5 rings (SSSR count). The van der Waals surface area contributed by atoms with Gasteiger partial charge in [0, 0.05) is 26.8 Å². The standard InChI is InChI=1S/C22H24N6O5S/c1-25-19-18(20(30)26(2)22(25)31)27(12-23-19)11-17(29)28(10-14-5-4-8-33-14)21-24-15-9-13(32-3)6-7-16(15)34-21/h6-7,9,12,14H,4-5,8,10-11H2,1-3H3. The first-order chi connectivity index (χ1) is 16.4. The summed E-state index contributed by atoms with van der Waals surface area (Å²) in [5.74, 6) is 0.435. The Balaban J connectivity index is 1.53. The summed E-state index contributed by atoms with van der Waals surface area (Å²) in [4.78, 5) is 49.1. The van der Waals surface area contributed by atoms with Crippen LogP contribution < -0.4 is 20.9 Å². The van der Waals surface area contributed by atoms with Crippen molar-refractivity contribution < 1.29 is 14.3 Å². The number of amides is 1. The van der Waals surface area contributed by atoms with Crippen LogP contribution in [0.3, 0.4) is 0 Å². The molecule has 0 radical (unpaired) electrons. The Hall–Kier alpha value is -3.51. The SMILES string of the molecule is COc1ccc2sc(N(CC3CCCO3)C(=O)Cn3cnc4c3c(=O)n(C)c(=O)n4C)nc2c1. The van der Waals surface area contributed by atoms with Crippen molar-refractivity contribution in [3.05, 3.63) is 45.4 Å². The molecule has 34 heavy (non-hydrogen) atoms. The molecule has 12 heteroatoms. The highest BCUT2D eigenvalue weighted by molar-refractivity contribution is 7.22. The molecular weight excluding hydrogens is 460 g/mol. The van der Waals surface area contributed by atoms with Crippen LogP contribution in [0, 0.1) is 0 Å². The molecule has 4 heterocycles. The van der Waals surface area contributed by atoms with Gasteiger partial charge in [-0.25, -0.2) is 14.8 Å². The summed E-state index contributed by atoms with van der Waals surface area (Å²) in [6.45, 7) is 0.898. The third kappa shape index (κ3) is 3.78. The van der Waals surface area contributed by atoms with Crippen molar-refractivity contribution in [1.82, 2.24) is 23.7 Å². The first-order valence-corrected chi connectivity index (χ1v) is 11.7. The molecule has 4 aromatic rings. The average molecular weight is 485 g/mol. The number of hydrogen-bond donors (Lipinski definition) is 0. The lowest BCUT2D eigenvalue weighted by Gasteiger charge is -2.23. The number of nitrogens with zero attached hydrogens (tertiary/aromatic N) is 6. The van der Waals surface area contributed by atoms with Crippen LogP contribution in [0.5, 0.6) is 5.75 Å². The monoisotopic (exact) mass is 484 g/mol. The van der Waals surface area contributed by atoms with Gasteiger partial charge in [-0.15, -0.1) is 0 Å². The van der Waals surface area contributed by atoms with E-state index < -0.39 is 11.2 Å². The third-order valence-electron chi connectivity index (χ3n) is 6.05. The molecule has 178 valence electrons. The van der Waals surface area contributed by atoms with Crippen molar-refractivity contribution in [3.8, 4) is 5.75 Å². The van der Waals surface area contributed by atoms with Crippen LogP contribution in [0.15, 0.2) is 34.1 Å². The molecule has 1 amide bonds. The van der Waals surface area contributed by atoms with E-state index in [9.17, 15) is 14.4 Å². The second kappa shape index (κ2) is 8.69. The van der Waals surface area contributed by atoms with Gasteiger partial charge in [-0.2, -0.15) is 0 Å². The molecule has 0 aliphatic carbocycles. The largest absolute Gasteiger partial charge is 0.497 e. The predicted molar refractivity (Wildman–Crippen MR) is 128 cm³/mol. The maximum Gasteiger partial charge on any atom is 0.332 e. The Morgan fingerprint density at radius 3 is 2.85 bits per heavy atom. The van der Waals surface area contributed by atoms with Crippen LogP contribution in [-0.2, 0) is 30.2 Å². The van der Waals surface area contributed by atoms with E-state index in [2.05, 4.69) is 9.97 Å². The maximum absolute atomic E-state index is 13.6. The fourth-order valence-electron chi connectivity index (χ4n) is 4.16. The number of carbonyl (C=O) groups excluding carboxylic acids is 1. The van der Waals surface area contributed by atoms with Gasteiger partial charge in [0.05, 0.1) is 36.3 Å². The molecule has 0 N–H and O–H groups in total. The molecule has 1 aliphatic rings. The Labute approximate surface area is 197 Å². The third-order valence-corrected chi connectivity index (χ3v) is 7.11. The molecule has 1 aliphatic heterocycles. The summed E-state index contributed by atoms with van der Waals surface area (Å²) < 4.78 is 15.8. The van der Waals surface area contributed by atoms with E-state index in [1.807, 2.05) is 18.2 Å². The van der Waals surface area contributed by atoms with Gasteiger partial charge in [0.15, 0.2) is 16.3 Å². The van der Waals surface area contributed by atoms with E-state index in [1.165, 1.54) is 33.8 Å². The summed E-state index contributed by atoms with van der Waals surface area (Å²) in [7, 11) is 4.54. The number of carbonyl (C=O) groups is 1. The topological polar surface area (TPSA) is 113 Å². The molecule has 0 bridgehead atoms. The number of thiazole rings is 1. The fraction of sp³-hybridized carbons (Fsp3) is 0.409. The minimum atomic E-state index is -0.499. The molecule has 1 saturated heterocycles. The number of rotatable bonds is 6. The summed E-state index contributed by atoms with van der Waals surface area (Å²) in [5.41, 5.74) is 0.198. The minimum Gasteiger partial charge on any atom is -0.497 e. The van der Waals surface area contributed by atoms with E-state index >= 15 is 0 Å². The summed E-state index contributed by atoms with van der Waals surface area (Å²) in [5, 5.41) is 0.550. The van der Waals surface area contributed by atoms with Crippen molar-refractivity contribution >= 4 is 43.8 Å². The van der Waals surface area contributed by atoms with Gasteiger partial charge in [-0.3, -0.25) is 23.6 Å². The number of aromatic nitrogens is 5. The molecule has 1 atom stereocenters. The number of methoxy groups -OCH3 is 1. The number of benzene rings is 1. The Kier molecular flexibility index (Phi) is 5.70. The number of aryl methyl sites for hydroxylation is 1. The number of imidazole rings is 1. The maximum atomic E-state index is 13.6. The average Bonchev–Trinajstić information content (AvgIpc) is 3.58. The van der Waals surface area contributed by atoms with E-state index in [4.69, 9.17) is 9.47 Å². The van der Waals surface area contributed by atoms with Crippen LogP contribution in [-0.4, -0.2) is 55.9 Å². The van der Waals surface area contributed by atoms with Crippen LogP contribution in [0.4, 0.5) is 5.13 Å². The highest BCUT2D eigenvalue weighted by Crippen LogP contribution is 2.32. The summed E-state index contributed by atoms with van der Waals surface area (Å²) in [6, 6.07) is 5.60. The number of fused-ring (bicyclic) bond motifs is 2. The number of hydrogen-bond acceptors (Lipinski definition) is 8. The zero-order chi connectivity index (χ0) is 24.0. The van der Waals surface area contributed by atoms with Crippen LogP contribution in [0.2, 0.25) is 0 Å². The molecule has 1 aromatic carbocycles. The number of anilines is 1. The Morgan fingerprint density at radius 1 is 1.29 bits per heavy atom. The molecule has 11 nitrogen and oxygen atoms in total. The summed E-state index contributed by atoms with van der Waals surface area (Å²) in [6.07, 6.45) is 3.13. The summed E-state index contributed by atoms with van der Waals surface area (Å²) >= 11 is 1.41. The van der Waals surface area contributed by atoms with E-state index in [0.717, 1.165) is 27.6 Å². The lowest BCUT2D eigenvalue weighted by atomic mass is 10.2. The molecular formula is C22H24N6O5S. The van der Waals surface area contributed by atoms with Crippen LogP contribution >= 0.6 is 11.3 Å². The van der Waals surface area contributed by atoms with Crippen LogP contribution in [0.1, 0.15) is 12.8 Å². The van der Waals surface area contributed by atoms with Gasteiger partial charge in [0.2, 0.25) is 5.91 Å². The molecule has 1 unspecified atom stereocenters. The van der Waals surface area contributed by atoms with Crippen LogP contribution in [0.25, 0.3) is 21.4 Å². The number of ether oxygens (including phenoxy) is 2. The van der Waals surface area contributed by atoms with E-state index in [0.29, 0.717) is 24.0 Å². The smallest absolute Gasteiger partial charge is 0.332 e. The van der Waals surface area contributed by atoms with Crippen molar-refractivity contribution in [2.45, 2.75) is 25.5 Å². The van der Waals surface area contributed by atoms with Gasteiger partial charge in [0.1, 0.15) is 12.3 Å². The quantitative estimate of drug-likeness (QED) is 0.405. The minimum absolute atomic E-state index is 0.0845. The molecule has 0 spiro atoms. The van der Waals surface area contributed by atoms with Gasteiger partial charge in [-0.1, -0.05) is 11.3 Å². The first kappa shape index (κ1) is 22.3. The van der Waals surface area contributed by atoms with Gasteiger partial charge < -0.3 is 14.0 Å². The zero-order valence-electron chi connectivity index (χ0n) is 19.1. The Bertz CT molecular complexity index is 1510. The fourth-order valence-corrected chi connectivity index (χ4v) is 5.14. The zero-order valence-corrected chi connectivity index (χ0v) is 19.9. The van der Waals surface area contributed by atoms with Crippen molar-refractivity contribution in [3.63, 3.8) is 0 Å².